The third-order valence-electron chi connectivity index (χ3n) is 5.56. The van der Waals surface area contributed by atoms with E-state index in [0.29, 0.717) is 16.9 Å². The number of carbonyl (C=O) groups is 2. The van der Waals surface area contributed by atoms with E-state index in [4.69, 9.17) is 4.74 Å². The first-order chi connectivity index (χ1) is 14.1. The summed E-state index contributed by atoms with van der Waals surface area (Å²) in [6.07, 6.45) is 6.05. The fraction of sp³-hybridized carbons (Fsp3) is 0.333. The number of nitrogens with one attached hydrogen (secondary N) is 2. The van der Waals surface area contributed by atoms with Crippen LogP contribution >= 0.6 is 0 Å². The van der Waals surface area contributed by atoms with E-state index in [1.807, 2.05) is 37.3 Å². The minimum atomic E-state index is -0.961. The molecule has 4 rings (SSSR count). The van der Waals surface area contributed by atoms with Crippen molar-refractivity contribution in [3.05, 3.63) is 71.4 Å². The lowest BCUT2D eigenvalue weighted by Gasteiger charge is -2.29. The van der Waals surface area contributed by atoms with Crippen molar-refractivity contribution in [3.8, 4) is 5.75 Å². The lowest BCUT2D eigenvalue weighted by Crippen LogP contribution is -2.48. The van der Waals surface area contributed by atoms with Crippen LogP contribution in [0.3, 0.4) is 0 Å². The molecule has 1 atom stereocenters. The monoisotopic (exact) mass is 390 g/mol. The van der Waals surface area contributed by atoms with Crippen LogP contribution in [0.25, 0.3) is 0 Å². The van der Waals surface area contributed by atoms with Gasteiger partial charge in [-0.1, -0.05) is 49.1 Å². The largest absolute Gasteiger partial charge is 0.475 e. The quantitative estimate of drug-likeness (QED) is 0.760. The van der Waals surface area contributed by atoms with Crippen molar-refractivity contribution >= 4 is 17.4 Å². The van der Waals surface area contributed by atoms with Gasteiger partial charge in [0.1, 0.15) is 5.75 Å². The smallest absolute Gasteiger partial charge is 0.266 e. The minimum Gasteiger partial charge on any atom is -0.475 e. The van der Waals surface area contributed by atoms with Gasteiger partial charge in [0.05, 0.1) is 11.1 Å². The predicted molar refractivity (Wildman–Crippen MR) is 113 cm³/mol. The standard InChI is InChI=1S/C24H26N2O3/c1-16-11-13-17(14-12-16)25-15-20-22(27)19-9-5-6-10-21(19)29-23(20)24(28)26-18-7-3-2-4-8-18/h5-6,9-15,18,23,25H,2-4,7-8H2,1H3,(H,26,28)/b20-15+. The normalized spacial score (nSPS) is 20.7. The molecule has 1 aliphatic heterocycles. The van der Waals surface area contributed by atoms with Gasteiger partial charge in [0, 0.05) is 17.9 Å². The highest BCUT2D eigenvalue weighted by atomic mass is 16.5. The molecule has 1 heterocycles. The average molecular weight is 390 g/mol. The van der Waals surface area contributed by atoms with E-state index in [9.17, 15) is 9.59 Å². The molecule has 0 radical (unpaired) electrons. The number of rotatable bonds is 4. The number of amides is 1. The zero-order chi connectivity index (χ0) is 20.2. The molecule has 29 heavy (non-hydrogen) atoms. The van der Waals surface area contributed by atoms with E-state index in [-0.39, 0.29) is 17.7 Å². The van der Waals surface area contributed by atoms with Gasteiger partial charge in [-0.2, -0.15) is 0 Å². The Morgan fingerprint density at radius 1 is 1.03 bits per heavy atom. The molecule has 0 bridgehead atoms. The minimum absolute atomic E-state index is 0.151. The second kappa shape index (κ2) is 8.52. The van der Waals surface area contributed by atoms with Gasteiger partial charge in [0.25, 0.3) is 5.91 Å². The van der Waals surface area contributed by atoms with Gasteiger partial charge in [0.15, 0.2) is 5.78 Å². The molecular formula is C24H26N2O3. The topological polar surface area (TPSA) is 67.4 Å². The van der Waals surface area contributed by atoms with E-state index in [1.165, 1.54) is 6.42 Å². The number of hydrogen-bond acceptors (Lipinski definition) is 4. The summed E-state index contributed by atoms with van der Waals surface area (Å²) in [4.78, 5) is 26.2. The fourth-order valence-electron chi connectivity index (χ4n) is 3.89. The van der Waals surface area contributed by atoms with Gasteiger partial charge in [-0.3, -0.25) is 9.59 Å². The van der Waals surface area contributed by atoms with Crippen LogP contribution in [-0.2, 0) is 4.79 Å². The first kappa shape index (κ1) is 19.2. The van der Waals surface area contributed by atoms with E-state index in [1.54, 1.807) is 24.4 Å². The molecule has 2 aliphatic rings. The zero-order valence-electron chi connectivity index (χ0n) is 16.6. The fourth-order valence-corrected chi connectivity index (χ4v) is 3.89. The highest BCUT2D eigenvalue weighted by Gasteiger charge is 2.37. The number of aryl methyl sites for hydroxylation is 1. The van der Waals surface area contributed by atoms with Crippen molar-refractivity contribution in [2.45, 2.75) is 51.2 Å². The van der Waals surface area contributed by atoms with Crippen molar-refractivity contribution < 1.29 is 14.3 Å². The Morgan fingerprint density at radius 3 is 2.52 bits per heavy atom. The van der Waals surface area contributed by atoms with Gasteiger partial charge >= 0.3 is 0 Å². The van der Waals surface area contributed by atoms with Crippen LogP contribution < -0.4 is 15.4 Å². The molecule has 5 heteroatoms. The van der Waals surface area contributed by atoms with E-state index >= 15 is 0 Å². The lowest BCUT2D eigenvalue weighted by atomic mass is 9.93. The molecule has 0 aromatic heterocycles. The maximum absolute atomic E-state index is 13.1. The second-order valence-electron chi connectivity index (χ2n) is 7.78. The Bertz CT molecular complexity index is 927. The Balaban J connectivity index is 1.60. The number of ketones is 1. The van der Waals surface area contributed by atoms with E-state index < -0.39 is 6.10 Å². The van der Waals surface area contributed by atoms with Gasteiger partial charge in [0.2, 0.25) is 6.10 Å². The maximum Gasteiger partial charge on any atom is 0.266 e. The SMILES string of the molecule is Cc1ccc(N/C=C2\C(=O)c3ccccc3OC2C(=O)NC2CCCCC2)cc1. The van der Waals surface area contributed by atoms with Crippen molar-refractivity contribution in [3.63, 3.8) is 0 Å². The number of Topliss-reactive ketones (excluding diaryl/α,β-unsaturated/α-hetero) is 1. The number of para-hydroxylation sites is 1. The molecule has 2 N–H and O–H groups in total. The van der Waals surface area contributed by atoms with Crippen LogP contribution in [0.4, 0.5) is 5.69 Å². The number of carbonyl (C=O) groups excluding carboxylic acids is 2. The first-order valence-corrected chi connectivity index (χ1v) is 10.3. The summed E-state index contributed by atoms with van der Waals surface area (Å²) in [5.74, 6) is 0.0146. The molecule has 1 amide bonds. The van der Waals surface area contributed by atoms with Crippen LogP contribution in [0.1, 0.15) is 48.0 Å². The molecule has 0 saturated heterocycles. The Morgan fingerprint density at radius 2 is 1.76 bits per heavy atom. The lowest BCUT2D eigenvalue weighted by molar-refractivity contribution is -0.127. The number of fused-ring (bicyclic) bond motifs is 1. The highest BCUT2D eigenvalue weighted by Crippen LogP contribution is 2.31. The van der Waals surface area contributed by atoms with Crippen LogP contribution in [0.15, 0.2) is 60.3 Å². The van der Waals surface area contributed by atoms with Gasteiger partial charge in [-0.05, 0) is 44.0 Å². The van der Waals surface area contributed by atoms with Crippen LogP contribution in [0.2, 0.25) is 0 Å². The molecule has 1 aliphatic carbocycles. The molecule has 1 unspecified atom stereocenters. The van der Waals surface area contributed by atoms with E-state index in [2.05, 4.69) is 10.6 Å². The maximum atomic E-state index is 13.1. The molecular weight excluding hydrogens is 364 g/mol. The van der Waals surface area contributed by atoms with Gasteiger partial charge in [-0.25, -0.2) is 0 Å². The first-order valence-electron chi connectivity index (χ1n) is 10.3. The Hall–Kier alpha value is -3.08. The third-order valence-corrected chi connectivity index (χ3v) is 5.56. The summed E-state index contributed by atoms with van der Waals surface area (Å²) >= 11 is 0. The summed E-state index contributed by atoms with van der Waals surface area (Å²) in [7, 11) is 0. The summed E-state index contributed by atoms with van der Waals surface area (Å²) in [6, 6.07) is 15.1. The highest BCUT2D eigenvalue weighted by molar-refractivity contribution is 6.15. The van der Waals surface area contributed by atoms with Crippen LogP contribution in [-0.4, -0.2) is 23.8 Å². The predicted octanol–water partition coefficient (Wildman–Crippen LogP) is 4.38. The Kier molecular flexibility index (Phi) is 5.65. The van der Waals surface area contributed by atoms with Crippen LogP contribution in [0, 0.1) is 6.92 Å². The second-order valence-corrected chi connectivity index (χ2v) is 7.78. The summed E-state index contributed by atoms with van der Waals surface area (Å²) in [5, 5.41) is 6.24. The number of hydrogen-bond donors (Lipinski definition) is 2. The molecule has 1 saturated carbocycles. The third kappa shape index (κ3) is 4.34. The van der Waals surface area contributed by atoms with Crippen molar-refractivity contribution in [2.75, 3.05) is 5.32 Å². The summed E-state index contributed by atoms with van der Waals surface area (Å²) in [5.41, 5.74) is 2.80. The van der Waals surface area contributed by atoms with Gasteiger partial charge in [-0.15, -0.1) is 0 Å². The molecule has 5 nitrogen and oxygen atoms in total. The van der Waals surface area contributed by atoms with Crippen LogP contribution in [0.5, 0.6) is 5.75 Å². The zero-order valence-corrected chi connectivity index (χ0v) is 16.6. The number of ether oxygens (including phenoxy) is 1. The van der Waals surface area contributed by atoms with Crippen molar-refractivity contribution in [1.82, 2.24) is 5.32 Å². The number of benzene rings is 2. The van der Waals surface area contributed by atoms with Crippen molar-refractivity contribution in [2.24, 2.45) is 0 Å². The Labute approximate surface area is 171 Å². The van der Waals surface area contributed by atoms with Gasteiger partial charge < -0.3 is 15.4 Å². The molecule has 2 aromatic carbocycles. The molecule has 1 fully saturated rings. The molecule has 0 spiro atoms. The number of anilines is 1. The summed E-state index contributed by atoms with van der Waals surface area (Å²) < 4.78 is 5.98. The van der Waals surface area contributed by atoms with E-state index in [0.717, 1.165) is 36.9 Å². The molecule has 150 valence electrons. The summed E-state index contributed by atoms with van der Waals surface area (Å²) in [6.45, 7) is 2.02. The van der Waals surface area contributed by atoms with Crippen molar-refractivity contribution in [1.29, 1.82) is 0 Å². The molecule has 2 aromatic rings. The average Bonchev–Trinajstić information content (AvgIpc) is 2.75.